The number of rotatable bonds is 4. The smallest absolute Gasteiger partial charge is 0.230 e. The molecule has 1 atom stereocenters. The molecule has 1 saturated heterocycles. The van der Waals surface area contributed by atoms with E-state index < -0.39 is 0 Å². The number of nitrogens with one attached hydrogen (secondary N) is 2. The van der Waals surface area contributed by atoms with Crippen molar-refractivity contribution >= 4 is 55.9 Å². The van der Waals surface area contributed by atoms with Crippen molar-refractivity contribution < 1.29 is 4.79 Å². The first-order valence-corrected chi connectivity index (χ1v) is 12.4. The maximum Gasteiger partial charge on any atom is 0.230 e. The van der Waals surface area contributed by atoms with E-state index >= 15 is 0 Å². The molecule has 0 aliphatic carbocycles. The number of thiazole rings is 1. The van der Waals surface area contributed by atoms with Crippen LogP contribution in [0.25, 0.3) is 33.6 Å². The Balaban J connectivity index is 1.17. The monoisotopic (exact) mass is 491 g/mol. The van der Waals surface area contributed by atoms with Crippen molar-refractivity contribution in [2.75, 3.05) is 24.5 Å². The summed E-state index contributed by atoms with van der Waals surface area (Å²) in [6.45, 7) is 4.20. The minimum atomic E-state index is 0.0608. The zero-order valence-corrected chi connectivity index (χ0v) is 20.0. The summed E-state index contributed by atoms with van der Waals surface area (Å²) in [7, 11) is 0. The highest BCUT2D eigenvalue weighted by molar-refractivity contribution is 7.14. The van der Waals surface area contributed by atoms with Crippen molar-refractivity contribution in [1.29, 1.82) is 0 Å². The quantitative estimate of drug-likeness (QED) is 0.386. The number of carbonyl (C=O) groups excluding carboxylic acids is 1. The van der Waals surface area contributed by atoms with Crippen molar-refractivity contribution in [3.8, 4) is 11.5 Å². The summed E-state index contributed by atoms with van der Waals surface area (Å²) in [4.78, 5) is 37.8. The molecule has 0 spiro atoms. The van der Waals surface area contributed by atoms with Gasteiger partial charge < -0.3 is 19.8 Å². The summed E-state index contributed by atoms with van der Waals surface area (Å²) in [6, 6.07) is 13.5. The first kappa shape index (κ1) is 21.1. The number of aromatic nitrogens is 5. The summed E-state index contributed by atoms with van der Waals surface area (Å²) >= 11 is 7.67. The second kappa shape index (κ2) is 8.41. The van der Waals surface area contributed by atoms with Gasteiger partial charge in [-0.3, -0.25) is 4.79 Å². The van der Waals surface area contributed by atoms with Gasteiger partial charge in [0.25, 0.3) is 0 Å². The first-order chi connectivity index (χ1) is 16.5. The van der Waals surface area contributed by atoms with Crippen molar-refractivity contribution in [2.24, 2.45) is 0 Å². The minimum absolute atomic E-state index is 0.0608. The number of imidazole rings is 2. The van der Waals surface area contributed by atoms with Crippen molar-refractivity contribution in [3.05, 3.63) is 58.8 Å². The summed E-state index contributed by atoms with van der Waals surface area (Å²) in [6.07, 6.45) is 0.238. The molecular formula is C24H22ClN7OS. The fourth-order valence-corrected chi connectivity index (χ4v) is 5.57. The molecule has 6 rings (SSSR count). The molecule has 34 heavy (non-hydrogen) atoms. The number of benzene rings is 2. The van der Waals surface area contributed by atoms with Crippen LogP contribution in [0.3, 0.4) is 0 Å². The van der Waals surface area contributed by atoms with Crippen LogP contribution in [0.5, 0.6) is 0 Å². The van der Waals surface area contributed by atoms with E-state index in [9.17, 15) is 4.79 Å². The minimum Gasteiger partial charge on any atom is -0.358 e. The Bertz CT molecular complexity index is 1470. The van der Waals surface area contributed by atoms with Crippen LogP contribution in [0.1, 0.15) is 12.7 Å². The van der Waals surface area contributed by atoms with Gasteiger partial charge in [0.05, 0.1) is 34.0 Å². The van der Waals surface area contributed by atoms with E-state index in [1.165, 1.54) is 0 Å². The number of para-hydroxylation sites is 2. The summed E-state index contributed by atoms with van der Waals surface area (Å²) in [5, 5.41) is 1.72. The summed E-state index contributed by atoms with van der Waals surface area (Å²) in [5.41, 5.74) is 6.29. The third-order valence-corrected chi connectivity index (χ3v) is 7.33. The van der Waals surface area contributed by atoms with E-state index in [0.29, 0.717) is 17.4 Å². The maximum absolute atomic E-state index is 13.1. The van der Waals surface area contributed by atoms with Gasteiger partial charge in [-0.25, -0.2) is 15.0 Å². The largest absolute Gasteiger partial charge is 0.358 e. The Labute approximate surface area is 204 Å². The molecule has 1 aliphatic heterocycles. The number of piperazine rings is 1. The zero-order valence-electron chi connectivity index (χ0n) is 18.5. The highest BCUT2D eigenvalue weighted by Crippen LogP contribution is 2.34. The number of hydrogen-bond acceptors (Lipinski definition) is 6. The third kappa shape index (κ3) is 3.80. The second-order valence-corrected chi connectivity index (χ2v) is 9.78. The normalized spacial score (nSPS) is 16.6. The number of H-pyrrole nitrogens is 2. The Morgan fingerprint density at radius 3 is 2.82 bits per heavy atom. The van der Waals surface area contributed by atoms with E-state index in [1.54, 1.807) is 17.4 Å². The Morgan fingerprint density at radius 1 is 1.12 bits per heavy atom. The van der Waals surface area contributed by atoms with Gasteiger partial charge in [0.1, 0.15) is 16.5 Å². The van der Waals surface area contributed by atoms with Crippen LogP contribution >= 0.6 is 22.9 Å². The molecule has 1 unspecified atom stereocenters. The van der Waals surface area contributed by atoms with Gasteiger partial charge in [-0.1, -0.05) is 23.7 Å². The van der Waals surface area contributed by atoms with E-state index in [0.717, 1.165) is 51.7 Å². The lowest BCUT2D eigenvalue weighted by Crippen LogP contribution is -2.54. The number of nitrogens with zero attached hydrogens (tertiary/aromatic N) is 5. The molecule has 2 N–H and O–H groups in total. The maximum atomic E-state index is 13.1. The van der Waals surface area contributed by atoms with E-state index in [1.807, 2.05) is 46.8 Å². The van der Waals surface area contributed by atoms with Gasteiger partial charge in [0.15, 0.2) is 5.82 Å². The van der Waals surface area contributed by atoms with Crippen LogP contribution < -0.4 is 4.90 Å². The van der Waals surface area contributed by atoms with Gasteiger partial charge in [0, 0.05) is 30.7 Å². The third-order valence-electron chi connectivity index (χ3n) is 6.21. The standard InChI is InChI=1S/C24H22ClN7OS/c1-14-12-31(24-22(26-13-34-24)23-29-16-4-2-3-5-17(16)30-23)8-9-32(14)21(33)11-20-27-18-7-6-15(25)10-19(18)28-20/h2-7,10,13-14H,8-9,11-12H2,1H3,(H,27,28)(H,29,30). The molecule has 2 aromatic carbocycles. The van der Waals surface area contributed by atoms with Crippen LogP contribution in [0.2, 0.25) is 5.02 Å². The molecular weight excluding hydrogens is 470 g/mol. The topological polar surface area (TPSA) is 93.8 Å². The molecule has 0 radical (unpaired) electrons. The SMILES string of the molecule is CC1CN(c2scnc2-c2nc3ccccc3[nH]2)CCN1C(=O)Cc1nc2ccc(Cl)cc2[nH]1. The number of fused-ring (bicyclic) bond motifs is 2. The van der Waals surface area contributed by atoms with Gasteiger partial charge in [-0.15, -0.1) is 11.3 Å². The van der Waals surface area contributed by atoms with Gasteiger partial charge in [-0.05, 0) is 37.3 Å². The van der Waals surface area contributed by atoms with Gasteiger partial charge >= 0.3 is 0 Å². The molecule has 4 heterocycles. The molecule has 1 amide bonds. The molecule has 5 aromatic rings. The lowest BCUT2D eigenvalue weighted by atomic mass is 10.1. The predicted octanol–water partition coefficient (Wildman–Crippen LogP) is 4.50. The van der Waals surface area contributed by atoms with Crippen LogP contribution in [-0.2, 0) is 11.2 Å². The molecule has 0 bridgehead atoms. The number of aromatic amines is 2. The Morgan fingerprint density at radius 2 is 1.97 bits per heavy atom. The number of hydrogen-bond donors (Lipinski definition) is 2. The molecule has 1 fully saturated rings. The lowest BCUT2D eigenvalue weighted by molar-refractivity contribution is -0.132. The molecule has 0 saturated carbocycles. The average Bonchev–Trinajstić information content (AvgIpc) is 3.55. The predicted molar refractivity (Wildman–Crippen MR) is 135 cm³/mol. The molecule has 172 valence electrons. The second-order valence-electron chi connectivity index (χ2n) is 8.51. The lowest BCUT2D eigenvalue weighted by Gasteiger charge is -2.40. The number of halogens is 1. The highest BCUT2D eigenvalue weighted by atomic mass is 35.5. The molecule has 8 nitrogen and oxygen atoms in total. The molecule has 1 aliphatic rings. The van der Waals surface area contributed by atoms with Gasteiger partial charge in [0.2, 0.25) is 5.91 Å². The zero-order chi connectivity index (χ0) is 23.2. The summed E-state index contributed by atoms with van der Waals surface area (Å²) in [5.74, 6) is 1.50. The molecule has 3 aromatic heterocycles. The van der Waals surface area contributed by atoms with E-state index in [4.69, 9.17) is 16.6 Å². The first-order valence-electron chi connectivity index (χ1n) is 11.1. The van der Waals surface area contributed by atoms with Crippen molar-refractivity contribution in [1.82, 2.24) is 29.8 Å². The highest BCUT2D eigenvalue weighted by Gasteiger charge is 2.30. The van der Waals surface area contributed by atoms with Crippen LogP contribution in [0.4, 0.5) is 5.00 Å². The summed E-state index contributed by atoms with van der Waals surface area (Å²) < 4.78 is 0. The Hall–Kier alpha value is -3.43. The van der Waals surface area contributed by atoms with Gasteiger partial charge in [-0.2, -0.15) is 0 Å². The number of anilines is 1. The van der Waals surface area contributed by atoms with Crippen LogP contribution in [0, 0.1) is 0 Å². The number of amides is 1. The van der Waals surface area contributed by atoms with Crippen LogP contribution in [-0.4, -0.2) is 61.4 Å². The fraction of sp³-hybridized carbons (Fsp3) is 0.250. The van der Waals surface area contributed by atoms with E-state index in [-0.39, 0.29) is 18.4 Å². The fourth-order valence-electron chi connectivity index (χ4n) is 4.57. The Kier molecular flexibility index (Phi) is 5.23. The number of carbonyl (C=O) groups is 1. The van der Waals surface area contributed by atoms with Crippen molar-refractivity contribution in [3.63, 3.8) is 0 Å². The van der Waals surface area contributed by atoms with Crippen molar-refractivity contribution in [2.45, 2.75) is 19.4 Å². The molecule has 10 heteroatoms. The van der Waals surface area contributed by atoms with E-state index in [2.05, 4.69) is 31.8 Å². The average molecular weight is 492 g/mol. The van der Waals surface area contributed by atoms with Crippen LogP contribution in [0.15, 0.2) is 48.0 Å².